The molecule has 132 valence electrons. The van der Waals surface area contributed by atoms with Crippen molar-refractivity contribution in [3.05, 3.63) is 29.3 Å². The van der Waals surface area contributed by atoms with Gasteiger partial charge in [-0.05, 0) is 85.0 Å². The van der Waals surface area contributed by atoms with Crippen LogP contribution < -0.4 is 4.74 Å². The SMILES string of the molecule is COc1ccc2c(c1)CC[C@@H]1[C@@H]2CC[C@]2(C)[C@@H](OCCO)CC[C@@H]12. The summed E-state index contributed by atoms with van der Waals surface area (Å²) in [6.45, 7) is 3.08. The second kappa shape index (κ2) is 6.34. The van der Waals surface area contributed by atoms with Gasteiger partial charge >= 0.3 is 0 Å². The van der Waals surface area contributed by atoms with Crippen molar-refractivity contribution in [3.63, 3.8) is 0 Å². The number of fused-ring (bicyclic) bond motifs is 5. The molecular weight excluding hydrogens is 300 g/mol. The fourth-order valence-electron chi connectivity index (χ4n) is 6.11. The van der Waals surface area contributed by atoms with E-state index in [4.69, 9.17) is 14.6 Å². The topological polar surface area (TPSA) is 38.7 Å². The smallest absolute Gasteiger partial charge is 0.119 e. The zero-order chi connectivity index (χ0) is 16.7. The third kappa shape index (κ3) is 2.48. The van der Waals surface area contributed by atoms with E-state index in [0.29, 0.717) is 24.0 Å². The predicted molar refractivity (Wildman–Crippen MR) is 94.4 cm³/mol. The fraction of sp³-hybridized carbons (Fsp3) is 0.714. The summed E-state index contributed by atoms with van der Waals surface area (Å²) in [5.74, 6) is 3.28. The Labute approximate surface area is 145 Å². The van der Waals surface area contributed by atoms with Crippen molar-refractivity contribution in [3.8, 4) is 5.75 Å². The van der Waals surface area contributed by atoms with Crippen molar-refractivity contribution in [2.75, 3.05) is 20.3 Å². The number of ether oxygens (including phenoxy) is 2. The molecule has 0 amide bonds. The van der Waals surface area contributed by atoms with Crippen LogP contribution in [0, 0.1) is 17.3 Å². The summed E-state index contributed by atoms with van der Waals surface area (Å²) in [5, 5.41) is 9.11. The van der Waals surface area contributed by atoms with Gasteiger partial charge in [0.15, 0.2) is 0 Å². The molecule has 0 saturated heterocycles. The van der Waals surface area contributed by atoms with E-state index >= 15 is 0 Å². The number of hydrogen-bond acceptors (Lipinski definition) is 3. The number of aryl methyl sites for hydroxylation is 1. The molecule has 3 heteroatoms. The third-order valence-electron chi connectivity index (χ3n) is 7.26. The Kier molecular flexibility index (Phi) is 4.34. The van der Waals surface area contributed by atoms with Gasteiger partial charge < -0.3 is 14.6 Å². The quantitative estimate of drug-likeness (QED) is 0.909. The molecule has 3 nitrogen and oxygen atoms in total. The van der Waals surface area contributed by atoms with Crippen molar-refractivity contribution in [2.24, 2.45) is 17.3 Å². The minimum Gasteiger partial charge on any atom is -0.497 e. The highest BCUT2D eigenvalue weighted by atomic mass is 16.5. The molecule has 4 rings (SSSR count). The molecule has 0 radical (unpaired) electrons. The predicted octanol–water partition coefficient (Wildman–Crippen LogP) is 3.93. The van der Waals surface area contributed by atoms with Crippen molar-refractivity contribution >= 4 is 0 Å². The number of hydrogen-bond donors (Lipinski definition) is 1. The summed E-state index contributed by atoms with van der Waals surface area (Å²) in [7, 11) is 1.75. The Morgan fingerprint density at radius 3 is 2.88 bits per heavy atom. The maximum absolute atomic E-state index is 9.11. The zero-order valence-corrected chi connectivity index (χ0v) is 15.0. The van der Waals surface area contributed by atoms with Gasteiger partial charge in [0.25, 0.3) is 0 Å². The minimum atomic E-state index is 0.137. The Morgan fingerprint density at radius 2 is 2.08 bits per heavy atom. The van der Waals surface area contributed by atoms with Gasteiger partial charge in [-0.2, -0.15) is 0 Å². The Hall–Kier alpha value is -1.06. The van der Waals surface area contributed by atoms with E-state index in [-0.39, 0.29) is 6.61 Å². The first kappa shape index (κ1) is 16.4. The normalized spacial score (nSPS) is 37.5. The standard InChI is InChI=1S/C21H30O3/c1-21-10-9-17-16-6-4-15(23-2)13-14(16)3-5-18(17)19(21)7-8-20(21)24-12-11-22/h4,6,13,17-20,22H,3,5,7-12H2,1-2H3/t17-,18-,19+,20+,21+/m1/s1. The third-order valence-corrected chi connectivity index (χ3v) is 7.26. The second-order valence-electron chi connectivity index (χ2n) is 8.19. The molecule has 2 saturated carbocycles. The van der Waals surface area contributed by atoms with Crippen LogP contribution in [0.1, 0.15) is 56.1 Å². The first-order chi connectivity index (χ1) is 11.7. The maximum atomic E-state index is 9.11. The van der Waals surface area contributed by atoms with E-state index < -0.39 is 0 Å². The monoisotopic (exact) mass is 330 g/mol. The van der Waals surface area contributed by atoms with E-state index in [1.165, 1.54) is 44.1 Å². The van der Waals surface area contributed by atoms with Crippen molar-refractivity contribution < 1.29 is 14.6 Å². The number of aliphatic hydroxyl groups is 1. The molecule has 1 aromatic rings. The molecule has 2 fully saturated rings. The largest absolute Gasteiger partial charge is 0.497 e. The summed E-state index contributed by atoms with van der Waals surface area (Å²) >= 11 is 0. The first-order valence-corrected chi connectivity index (χ1v) is 9.56. The Morgan fingerprint density at radius 1 is 1.21 bits per heavy atom. The van der Waals surface area contributed by atoms with Gasteiger partial charge in [0, 0.05) is 0 Å². The van der Waals surface area contributed by atoms with Crippen LogP contribution in [0.3, 0.4) is 0 Å². The molecule has 24 heavy (non-hydrogen) atoms. The van der Waals surface area contributed by atoms with Crippen LogP contribution in [-0.4, -0.2) is 31.5 Å². The van der Waals surface area contributed by atoms with Crippen LogP contribution in [0.4, 0.5) is 0 Å². The van der Waals surface area contributed by atoms with Gasteiger partial charge in [-0.1, -0.05) is 13.0 Å². The zero-order valence-electron chi connectivity index (χ0n) is 15.0. The van der Waals surface area contributed by atoms with Crippen LogP contribution in [0.25, 0.3) is 0 Å². The lowest BCUT2D eigenvalue weighted by molar-refractivity contribution is -0.0710. The van der Waals surface area contributed by atoms with E-state index in [9.17, 15) is 0 Å². The molecule has 0 heterocycles. The van der Waals surface area contributed by atoms with E-state index in [0.717, 1.165) is 17.6 Å². The molecule has 0 aliphatic heterocycles. The second-order valence-corrected chi connectivity index (χ2v) is 8.19. The van der Waals surface area contributed by atoms with Gasteiger partial charge in [0.2, 0.25) is 0 Å². The maximum Gasteiger partial charge on any atom is 0.119 e. The molecule has 0 unspecified atom stereocenters. The summed E-state index contributed by atoms with van der Waals surface area (Å²) in [5.41, 5.74) is 3.39. The van der Waals surface area contributed by atoms with Gasteiger partial charge in [-0.3, -0.25) is 0 Å². The lowest BCUT2D eigenvalue weighted by Gasteiger charge is -2.50. The molecular formula is C21H30O3. The lowest BCUT2D eigenvalue weighted by atomic mass is 9.55. The van der Waals surface area contributed by atoms with Crippen LogP contribution in [0.2, 0.25) is 0 Å². The van der Waals surface area contributed by atoms with Gasteiger partial charge in [0.1, 0.15) is 5.75 Å². The number of rotatable bonds is 4. The van der Waals surface area contributed by atoms with Crippen LogP contribution in [0.15, 0.2) is 18.2 Å². The number of aliphatic hydroxyl groups excluding tert-OH is 1. The summed E-state index contributed by atoms with van der Waals surface area (Å²) in [6.07, 6.45) is 7.81. The molecule has 1 N–H and O–H groups in total. The average Bonchev–Trinajstić information content (AvgIpc) is 2.95. The summed E-state index contributed by atoms with van der Waals surface area (Å²) in [4.78, 5) is 0. The Balaban J connectivity index is 1.58. The fourth-order valence-corrected chi connectivity index (χ4v) is 6.11. The summed E-state index contributed by atoms with van der Waals surface area (Å²) in [6, 6.07) is 6.71. The van der Waals surface area contributed by atoms with Crippen LogP contribution >= 0.6 is 0 Å². The van der Waals surface area contributed by atoms with Crippen molar-refractivity contribution in [1.82, 2.24) is 0 Å². The van der Waals surface area contributed by atoms with Gasteiger partial charge in [0.05, 0.1) is 26.4 Å². The minimum absolute atomic E-state index is 0.137. The van der Waals surface area contributed by atoms with E-state index in [1.807, 2.05) is 0 Å². The van der Waals surface area contributed by atoms with Crippen LogP contribution in [-0.2, 0) is 11.2 Å². The molecule has 3 aliphatic carbocycles. The molecule has 0 bridgehead atoms. The molecule has 0 spiro atoms. The lowest BCUT2D eigenvalue weighted by Crippen LogP contribution is -2.44. The highest BCUT2D eigenvalue weighted by molar-refractivity contribution is 5.40. The Bertz CT molecular complexity index is 599. The van der Waals surface area contributed by atoms with E-state index in [2.05, 4.69) is 25.1 Å². The van der Waals surface area contributed by atoms with Crippen LogP contribution in [0.5, 0.6) is 5.75 Å². The molecule has 3 aliphatic rings. The average molecular weight is 330 g/mol. The molecule has 1 aromatic carbocycles. The number of methoxy groups -OCH3 is 1. The summed E-state index contributed by atoms with van der Waals surface area (Å²) < 4.78 is 11.5. The van der Waals surface area contributed by atoms with Crippen molar-refractivity contribution in [2.45, 2.75) is 57.5 Å². The van der Waals surface area contributed by atoms with Crippen molar-refractivity contribution in [1.29, 1.82) is 0 Å². The molecule has 0 aromatic heterocycles. The van der Waals surface area contributed by atoms with Gasteiger partial charge in [-0.25, -0.2) is 0 Å². The molecule has 5 atom stereocenters. The highest BCUT2D eigenvalue weighted by Crippen LogP contribution is 2.61. The number of benzene rings is 1. The van der Waals surface area contributed by atoms with Gasteiger partial charge in [-0.15, -0.1) is 0 Å². The van der Waals surface area contributed by atoms with E-state index in [1.54, 1.807) is 12.7 Å². The highest BCUT2D eigenvalue weighted by Gasteiger charge is 2.55. The first-order valence-electron chi connectivity index (χ1n) is 9.56.